The Morgan fingerprint density at radius 3 is 3.19 bits per heavy atom. The van der Waals surface area contributed by atoms with E-state index in [9.17, 15) is 0 Å². The Morgan fingerprint density at radius 2 is 2.31 bits per heavy atom. The summed E-state index contributed by atoms with van der Waals surface area (Å²) in [6.07, 6.45) is 8.28. The number of fused-ring (bicyclic) bond motifs is 1. The highest BCUT2D eigenvalue weighted by molar-refractivity contribution is 5.17. The summed E-state index contributed by atoms with van der Waals surface area (Å²) in [6.45, 7) is 1.72. The van der Waals surface area contributed by atoms with E-state index in [-0.39, 0.29) is 6.10 Å². The summed E-state index contributed by atoms with van der Waals surface area (Å²) in [5.41, 5.74) is 2.36. The highest BCUT2D eigenvalue weighted by Crippen LogP contribution is 2.24. The van der Waals surface area contributed by atoms with Crippen LogP contribution in [-0.4, -0.2) is 29.2 Å². The lowest BCUT2D eigenvalue weighted by molar-refractivity contribution is 0.0374. The molecule has 0 spiro atoms. The van der Waals surface area contributed by atoms with Crippen molar-refractivity contribution >= 4 is 0 Å². The molecule has 1 aliphatic carbocycles. The van der Waals surface area contributed by atoms with E-state index in [1.807, 2.05) is 0 Å². The number of ether oxygens (including phenoxy) is 1. The molecule has 88 valence electrons. The number of nitrogens with zero attached hydrogens (tertiary/aromatic N) is 1. The zero-order valence-corrected chi connectivity index (χ0v) is 9.54. The van der Waals surface area contributed by atoms with E-state index in [1.165, 1.54) is 31.4 Å². The fraction of sp³-hybridized carbons (Fsp3) is 0.750. The first-order chi connectivity index (χ1) is 7.93. The highest BCUT2D eigenvalue weighted by Gasteiger charge is 2.24. The van der Waals surface area contributed by atoms with Gasteiger partial charge in [0.2, 0.25) is 0 Å². The molecule has 1 aromatic heterocycles. The summed E-state index contributed by atoms with van der Waals surface area (Å²) in [7, 11) is 0. The number of aromatic nitrogens is 2. The van der Waals surface area contributed by atoms with Gasteiger partial charge in [-0.15, -0.1) is 0 Å². The lowest BCUT2D eigenvalue weighted by Gasteiger charge is -2.24. The molecule has 1 aromatic rings. The average Bonchev–Trinajstić information content (AvgIpc) is 2.97. The SMILES string of the molecule is c1nc2c([nH]1)CCOC2CNC1CCCC1. The number of rotatable bonds is 3. The van der Waals surface area contributed by atoms with Gasteiger partial charge in [0.05, 0.1) is 18.6 Å². The van der Waals surface area contributed by atoms with Crippen molar-refractivity contribution in [3.8, 4) is 0 Å². The largest absolute Gasteiger partial charge is 0.370 e. The molecular formula is C12H19N3O. The minimum absolute atomic E-state index is 0.149. The summed E-state index contributed by atoms with van der Waals surface area (Å²) < 4.78 is 5.78. The van der Waals surface area contributed by atoms with Crippen molar-refractivity contribution in [2.24, 2.45) is 0 Å². The van der Waals surface area contributed by atoms with Gasteiger partial charge in [-0.2, -0.15) is 0 Å². The van der Waals surface area contributed by atoms with Crippen molar-refractivity contribution in [1.29, 1.82) is 0 Å². The van der Waals surface area contributed by atoms with E-state index < -0.39 is 0 Å². The van der Waals surface area contributed by atoms with Gasteiger partial charge in [-0.1, -0.05) is 12.8 Å². The second-order valence-electron chi connectivity index (χ2n) is 4.77. The first kappa shape index (κ1) is 10.3. The van der Waals surface area contributed by atoms with Gasteiger partial charge in [-0.3, -0.25) is 0 Å². The number of nitrogens with one attached hydrogen (secondary N) is 2. The monoisotopic (exact) mass is 221 g/mol. The maximum Gasteiger partial charge on any atom is 0.114 e. The van der Waals surface area contributed by atoms with Crippen LogP contribution in [0.15, 0.2) is 6.33 Å². The van der Waals surface area contributed by atoms with Crippen LogP contribution in [0.5, 0.6) is 0 Å². The van der Waals surface area contributed by atoms with E-state index in [0.29, 0.717) is 6.04 Å². The van der Waals surface area contributed by atoms with Crippen LogP contribution in [0.4, 0.5) is 0 Å². The molecule has 1 unspecified atom stereocenters. The van der Waals surface area contributed by atoms with Crippen LogP contribution in [0.1, 0.15) is 43.2 Å². The van der Waals surface area contributed by atoms with E-state index >= 15 is 0 Å². The molecule has 0 bridgehead atoms. The first-order valence-corrected chi connectivity index (χ1v) is 6.30. The molecule has 0 amide bonds. The Kier molecular flexibility index (Phi) is 2.93. The van der Waals surface area contributed by atoms with Gasteiger partial charge in [0.15, 0.2) is 0 Å². The maximum absolute atomic E-state index is 5.78. The van der Waals surface area contributed by atoms with Crippen LogP contribution in [0.3, 0.4) is 0 Å². The third kappa shape index (κ3) is 1.99. The Bertz CT molecular complexity index is 344. The van der Waals surface area contributed by atoms with Crippen molar-refractivity contribution in [2.75, 3.05) is 13.2 Å². The molecule has 3 rings (SSSR count). The molecule has 0 radical (unpaired) electrons. The standard InChI is InChI=1S/C12H19N3O/c1-2-4-9(3-1)13-7-11-12-10(5-6-16-11)14-8-15-12/h8-9,11,13H,1-7H2,(H,14,15). The summed E-state index contributed by atoms with van der Waals surface area (Å²) in [5, 5.41) is 3.60. The Balaban J connectivity index is 1.59. The number of hydrogen-bond acceptors (Lipinski definition) is 3. The predicted molar refractivity (Wildman–Crippen MR) is 61.2 cm³/mol. The molecule has 2 heterocycles. The molecule has 1 saturated carbocycles. The lowest BCUT2D eigenvalue weighted by Crippen LogP contribution is -2.33. The van der Waals surface area contributed by atoms with Crippen LogP contribution in [0, 0.1) is 0 Å². The molecule has 2 N–H and O–H groups in total. The maximum atomic E-state index is 5.78. The summed E-state index contributed by atoms with van der Waals surface area (Å²) in [6, 6.07) is 0.702. The molecule has 4 heteroatoms. The molecule has 1 fully saturated rings. The van der Waals surface area contributed by atoms with Crippen molar-refractivity contribution in [2.45, 2.75) is 44.2 Å². The minimum atomic E-state index is 0.149. The lowest BCUT2D eigenvalue weighted by atomic mass is 10.1. The van der Waals surface area contributed by atoms with Gasteiger partial charge >= 0.3 is 0 Å². The second kappa shape index (κ2) is 4.55. The second-order valence-corrected chi connectivity index (χ2v) is 4.77. The van der Waals surface area contributed by atoms with Crippen LogP contribution in [0.25, 0.3) is 0 Å². The van der Waals surface area contributed by atoms with Crippen LogP contribution >= 0.6 is 0 Å². The fourth-order valence-corrected chi connectivity index (χ4v) is 2.75. The van der Waals surface area contributed by atoms with E-state index in [4.69, 9.17) is 4.74 Å². The summed E-state index contributed by atoms with van der Waals surface area (Å²) in [4.78, 5) is 7.56. The third-order valence-corrected chi connectivity index (χ3v) is 3.67. The van der Waals surface area contributed by atoms with Crippen molar-refractivity contribution < 1.29 is 4.74 Å². The zero-order chi connectivity index (χ0) is 10.8. The van der Waals surface area contributed by atoms with Crippen LogP contribution in [0.2, 0.25) is 0 Å². The quantitative estimate of drug-likeness (QED) is 0.814. The van der Waals surface area contributed by atoms with Gasteiger partial charge in [0.25, 0.3) is 0 Å². The van der Waals surface area contributed by atoms with Crippen molar-refractivity contribution in [1.82, 2.24) is 15.3 Å². The summed E-state index contributed by atoms with van der Waals surface area (Å²) in [5.74, 6) is 0. The number of imidazole rings is 1. The molecule has 4 nitrogen and oxygen atoms in total. The van der Waals surface area contributed by atoms with Gasteiger partial charge in [0, 0.05) is 24.7 Å². The van der Waals surface area contributed by atoms with E-state index in [2.05, 4.69) is 15.3 Å². The fourth-order valence-electron chi connectivity index (χ4n) is 2.75. The van der Waals surface area contributed by atoms with Gasteiger partial charge in [0.1, 0.15) is 6.10 Å². The smallest absolute Gasteiger partial charge is 0.114 e. The molecular weight excluding hydrogens is 202 g/mol. The Hall–Kier alpha value is -0.870. The molecule has 16 heavy (non-hydrogen) atoms. The topological polar surface area (TPSA) is 49.9 Å². The Morgan fingerprint density at radius 1 is 1.44 bits per heavy atom. The van der Waals surface area contributed by atoms with Crippen LogP contribution < -0.4 is 5.32 Å². The minimum Gasteiger partial charge on any atom is -0.370 e. The van der Waals surface area contributed by atoms with Gasteiger partial charge < -0.3 is 15.0 Å². The number of H-pyrrole nitrogens is 1. The van der Waals surface area contributed by atoms with Gasteiger partial charge in [-0.05, 0) is 12.8 Å². The van der Waals surface area contributed by atoms with Crippen LogP contribution in [-0.2, 0) is 11.2 Å². The van der Waals surface area contributed by atoms with E-state index in [1.54, 1.807) is 6.33 Å². The molecule has 0 aromatic carbocycles. The predicted octanol–water partition coefficient (Wildman–Crippen LogP) is 1.56. The molecule has 2 aliphatic rings. The molecule has 1 aliphatic heterocycles. The number of hydrogen-bond donors (Lipinski definition) is 2. The zero-order valence-electron chi connectivity index (χ0n) is 9.54. The van der Waals surface area contributed by atoms with Gasteiger partial charge in [-0.25, -0.2) is 4.98 Å². The first-order valence-electron chi connectivity index (χ1n) is 6.30. The van der Waals surface area contributed by atoms with E-state index in [0.717, 1.165) is 25.3 Å². The summed E-state index contributed by atoms with van der Waals surface area (Å²) >= 11 is 0. The Labute approximate surface area is 95.8 Å². The molecule has 0 saturated heterocycles. The number of aromatic amines is 1. The normalized spacial score (nSPS) is 25.9. The highest BCUT2D eigenvalue weighted by atomic mass is 16.5. The average molecular weight is 221 g/mol. The molecule has 1 atom stereocenters. The third-order valence-electron chi connectivity index (χ3n) is 3.67. The van der Waals surface area contributed by atoms with Crippen molar-refractivity contribution in [3.05, 3.63) is 17.7 Å². The van der Waals surface area contributed by atoms with Crippen molar-refractivity contribution in [3.63, 3.8) is 0 Å².